The zero-order valence-electron chi connectivity index (χ0n) is 15.2. The predicted molar refractivity (Wildman–Crippen MR) is 106 cm³/mol. The van der Waals surface area contributed by atoms with E-state index in [1.807, 2.05) is 35.7 Å². The molecule has 0 radical (unpaired) electrons. The predicted octanol–water partition coefficient (Wildman–Crippen LogP) is 1.60. The molecule has 6 nitrogen and oxygen atoms in total. The van der Waals surface area contributed by atoms with Crippen molar-refractivity contribution >= 4 is 23.2 Å². The number of thiophene rings is 1. The molecule has 2 N–H and O–H groups in total. The Hall–Kier alpha value is -2.22. The van der Waals surface area contributed by atoms with Gasteiger partial charge in [-0.15, -0.1) is 0 Å². The Labute approximate surface area is 163 Å². The van der Waals surface area contributed by atoms with Crippen LogP contribution in [0.15, 0.2) is 47.2 Å². The van der Waals surface area contributed by atoms with Gasteiger partial charge >= 0.3 is 11.8 Å². The Morgan fingerprint density at radius 1 is 1.07 bits per heavy atom. The van der Waals surface area contributed by atoms with Gasteiger partial charge in [-0.1, -0.05) is 30.3 Å². The number of ether oxygens (including phenoxy) is 1. The number of nitrogens with zero attached hydrogens (tertiary/aromatic N) is 1. The van der Waals surface area contributed by atoms with E-state index in [9.17, 15) is 9.59 Å². The van der Waals surface area contributed by atoms with E-state index in [0.29, 0.717) is 32.7 Å². The van der Waals surface area contributed by atoms with Crippen molar-refractivity contribution in [2.24, 2.45) is 0 Å². The van der Waals surface area contributed by atoms with Crippen LogP contribution in [-0.2, 0) is 20.7 Å². The van der Waals surface area contributed by atoms with Crippen molar-refractivity contribution in [3.05, 3.63) is 58.3 Å². The van der Waals surface area contributed by atoms with Gasteiger partial charge in [-0.3, -0.25) is 14.5 Å². The first-order chi connectivity index (χ1) is 13.2. The van der Waals surface area contributed by atoms with Crippen LogP contribution < -0.4 is 10.6 Å². The Bertz CT molecular complexity index is 715. The van der Waals surface area contributed by atoms with Crippen LogP contribution >= 0.6 is 11.3 Å². The largest absolute Gasteiger partial charge is 0.379 e. The standard InChI is InChI=1S/C20H25N3O3S/c24-19(21-8-6-16-4-2-1-3-5-16)20(25)22-14-18(17-7-13-27-15-17)23-9-11-26-12-10-23/h1-5,7,13,15,18H,6,8-12,14H2,(H,21,24)(H,22,25). The molecule has 1 aliphatic rings. The van der Waals surface area contributed by atoms with Gasteiger partial charge in [0.05, 0.1) is 19.3 Å². The Morgan fingerprint density at radius 3 is 2.52 bits per heavy atom. The second kappa shape index (κ2) is 10.2. The van der Waals surface area contributed by atoms with Crippen molar-refractivity contribution in [2.75, 3.05) is 39.4 Å². The Kier molecular flexibility index (Phi) is 7.38. The highest BCUT2D eigenvalue weighted by molar-refractivity contribution is 7.07. The molecule has 2 amide bonds. The van der Waals surface area contributed by atoms with Crippen LogP contribution in [0.1, 0.15) is 17.2 Å². The van der Waals surface area contributed by atoms with Gasteiger partial charge in [0.2, 0.25) is 0 Å². The zero-order valence-corrected chi connectivity index (χ0v) is 16.0. The van der Waals surface area contributed by atoms with Gasteiger partial charge in [0, 0.05) is 26.2 Å². The molecule has 0 spiro atoms. The van der Waals surface area contributed by atoms with E-state index < -0.39 is 11.8 Å². The van der Waals surface area contributed by atoms with E-state index >= 15 is 0 Å². The third-order valence-electron chi connectivity index (χ3n) is 4.62. The summed E-state index contributed by atoms with van der Waals surface area (Å²) in [5, 5.41) is 9.59. The number of rotatable bonds is 7. The minimum Gasteiger partial charge on any atom is -0.379 e. The molecule has 1 aromatic heterocycles. The SMILES string of the molecule is O=C(NCCc1ccccc1)C(=O)NCC(c1ccsc1)N1CCOCC1. The highest BCUT2D eigenvalue weighted by Gasteiger charge is 2.24. The maximum absolute atomic E-state index is 12.2. The van der Waals surface area contributed by atoms with Crippen LogP contribution in [-0.4, -0.2) is 56.1 Å². The lowest BCUT2D eigenvalue weighted by molar-refractivity contribution is -0.139. The van der Waals surface area contributed by atoms with E-state index in [4.69, 9.17) is 4.74 Å². The number of benzene rings is 1. The summed E-state index contributed by atoms with van der Waals surface area (Å²) in [5.74, 6) is -1.17. The summed E-state index contributed by atoms with van der Waals surface area (Å²) in [4.78, 5) is 26.5. The summed E-state index contributed by atoms with van der Waals surface area (Å²) in [5.41, 5.74) is 2.29. The molecule has 3 rings (SSSR count). The summed E-state index contributed by atoms with van der Waals surface area (Å²) < 4.78 is 5.42. The molecule has 0 aliphatic carbocycles. The fraction of sp³-hybridized carbons (Fsp3) is 0.400. The maximum atomic E-state index is 12.2. The van der Waals surface area contributed by atoms with Gasteiger partial charge in [-0.25, -0.2) is 0 Å². The summed E-state index contributed by atoms with van der Waals surface area (Å²) in [6.45, 7) is 3.86. The number of morpholine rings is 1. The number of amides is 2. The van der Waals surface area contributed by atoms with E-state index in [-0.39, 0.29) is 6.04 Å². The topological polar surface area (TPSA) is 70.7 Å². The van der Waals surface area contributed by atoms with Gasteiger partial charge in [-0.05, 0) is 34.4 Å². The zero-order chi connectivity index (χ0) is 18.9. The van der Waals surface area contributed by atoms with Crippen LogP contribution in [0.4, 0.5) is 0 Å². The van der Waals surface area contributed by atoms with Gasteiger partial charge in [0.25, 0.3) is 0 Å². The first kappa shape index (κ1) is 19.5. The fourth-order valence-corrected chi connectivity index (χ4v) is 3.83. The molecule has 0 bridgehead atoms. The monoisotopic (exact) mass is 387 g/mol. The number of hydrogen-bond acceptors (Lipinski definition) is 5. The highest BCUT2D eigenvalue weighted by Crippen LogP contribution is 2.23. The molecule has 2 aromatic rings. The lowest BCUT2D eigenvalue weighted by Crippen LogP contribution is -2.46. The summed E-state index contributed by atoms with van der Waals surface area (Å²) >= 11 is 1.63. The van der Waals surface area contributed by atoms with Gasteiger partial charge < -0.3 is 15.4 Å². The molecule has 1 saturated heterocycles. The molecule has 2 heterocycles. The lowest BCUT2D eigenvalue weighted by atomic mass is 10.1. The number of carbonyl (C=O) groups is 2. The molecule has 27 heavy (non-hydrogen) atoms. The minimum absolute atomic E-state index is 0.0567. The van der Waals surface area contributed by atoms with E-state index in [1.165, 1.54) is 0 Å². The van der Waals surface area contributed by atoms with E-state index in [2.05, 4.69) is 27.0 Å². The molecule has 1 aliphatic heterocycles. The molecule has 1 fully saturated rings. The van der Waals surface area contributed by atoms with Crippen molar-refractivity contribution in [3.63, 3.8) is 0 Å². The molecular weight excluding hydrogens is 362 g/mol. The first-order valence-electron chi connectivity index (χ1n) is 9.18. The Morgan fingerprint density at radius 2 is 1.81 bits per heavy atom. The Balaban J connectivity index is 1.47. The quantitative estimate of drug-likeness (QED) is 0.708. The first-order valence-corrected chi connectivity index (χ1v) is 10.1. The van der Waals surface area contributed by atoms with E-state index in [0.717, 1.165) is 24.2 Å². The van der Waals surface area contributed by atoms with Gasteiger partial charge in [0.15, 0.2) is 0 Å². The summed E-state index contributed by atoms with van der Waals surface area (Å²) in [7, 11) is 0. The van der Waals surface area contributed by atoms with Crippen LogP contribution in [0.3, 0.4) is 0 Å². The number of hydrogen-bond donors (Lipinski definition) is 2. The van der Waals surface area contributed by atoms with Gasteiger partial charge in [-0.2, -0.15) is 11.3 Å². The second-order valence-electron chi connectivity index (χ2n) is 6.42. The van der Waals surface area contributed by atoms with Crippen LogP contribution in [0, 0.1) is 0 Å². The second-order valence-corrected chi connectivity index (χ2v) is 7.20. The molecule has 7 heteroatoms. The van der Waals surface area contributed by atoms with E-state index in [1.54, 1.807) is 11.3 Å². The fourth-order valence-electron chi connectivity index (χ4n) is 3.13. The lowest BCUT2D eigenvalue weighted by Gasteiger charge is -2.34. The molecule has 1 unspecified atom stereocenters. The average Bonchev–Trinajstić information content (AvgIpc) is 3.24. The van der Waals surface area contributed by atoms with Crippen molar-refractivity contribution in [2.45, 2.75) is 12.5 Å². The van der Waals surface area contributed by atoms with Crippen LogP contribution in [0.5, 0.6) is 0 Å². The van der Waals surface area contributed by atoms with Crippen LogP contribution in [0.25, 0.3) is 0 Å². The molecule has 0 saturated carbocycles. The molecule has 1 aromatic carbocycles. The van der Waals surface area contributed by atoms with Crippen molar-refractivity contribution in [3.8, 4) is 0 Å². The number of nitrogens with one attached hydrogen (secondary N) is 2. The summed E-state index contributed by atoms with van der Waals surface area (Å²) in [6, 6.07) is 12.0. The van der Waals surface area contributed by atoms with Crippen molar-refractivity contribution < 1.29 is 14.3 Å². The number of carbonyl (C=O) groups excluding carboxylic acids is 2. The van der Waals surface area contributed by atoms with Crippen LogP contribution in [0.2, 0.25) is 0 Å². The molecular formula is C20H25N3O3S. The summed E-state index contributed by atoms with van der Waals surface area (Å²) in [6.07, 6.45) is 0.700. The molecule has 1 atom stereocenters. The third-order valence-corrected chi connectivity index (χ3v) is 5.32. The smallest absolute Gasteiger partial charge is 0.309 e. The van der Waals surface area contributed by atoms with Gasteiger partial charge in [0.1, 0.15) is 0 Å². The highest BCUT2D eigenvalue weighted by atomic mass is 32.1. The maximum Gasteiger partial charge on any atom is 0.309 e. The third kappa shape index (κ3) is 5.89. The van der Waals surface area contributed by atoms with Crippen molar-refractivity contribution in [1.82, 2.24) is 15.5 Å². The van der Waals surface area contributed by atoms with Crippen molar-refractivity contribution in [1.29, 1.82) is 0 Å². The molecule has 144 valence electrons. The minimum atomic E-state index is -0.587. The average molecular weight is 388 g/mol. The normalized spacial score (nSPS) is 15.9.